The summed E-state index contributed by atoms with van der Waals surface area (Å²) in [5.41, 5.74) is 3.81. The monoisotopic (exact) mass is 233 g/mol. The van der Waals surface area contributed by atoms with E-state index in [9.17, 15) is 0 Å². The molecule has 1 aromatic rings. The second kappa shape index (κ2) is 6.46. The van der Waals surface area contributed by atoms with Crippen LogP contribution in [0.25, 0.3) is 0 Å². The van der Waals surface area contributed by atoms with E-state index in [0.29, 0.717) is 6.04 Å². The molecule has 0 aromatic carbocycles. The first-order valence-electron chi connectivity index (χ1n) is 6.20. The van der Waals surface area contributed by atoms with Crippen molar-refractivity contribution in [2.75, 3.05) is 7.05 Å². The van der Waals surface area contributed by atoms with E-state index in [-0.39, 0.29) is 0 Å². The van der Waals surface area contributed by atoms with Gasteiger partial charge in [-0.15, -0.1) is 12.3 Å². The Labute approximate surface area is 105 Å². The quantitative estimate of drug-likeness (QED) is 0.761. The molecule has 3 heteroatoms. The van der Waals surface area contributed by atoms with Crippen molar-refractivity contribution in [3.05, 3.63) is 17.0 Å². The first kappa shape index (κ1) is 13.8. The predicted molar refractivity (Wildman–Crippen MR) is 71.9 cm³/mol. The third-order valence-corrected chi connectivity index (χ3v) is 3.45. The molecule has 94 valence electrons. The summed E-state index contributed by atoms with van der Waals surface area (Å²) in [6.45, 7) is 4.21. The third kappa shape index (κ3) is 3.61. The van der Waals surface area contributed by atoms with Crippen molar-refractivity contribution >= 4 is 0 Å². The van der Waals surface area contributed by atoms with Crippen molar-refractivity contribution in [3.63, 3.8) is 0 Å². The normalized spacial score (nSPS) is 12.4. The van der Waals surface area contributed by atoms with Gasteiger partial charge in [-0.1, -0.05) is 0 Å². The molecule has 0 aliphatic heterocycles. The van der Waals surface area contributed by atoms with Gasteiger partial charge in [-0.3, -0.25) is 4.68 Å². The van der Waals surface area contributed by atoms with E-state index in [2.05, 4.69) is 30.2 Å². The van der Waals surface area contributed by atoms with Crippen LogP contribution in [0.15, 0.2) is 0 Å². The second-order valence-electron chi connectivity index (χ2n) is 4.54. The molecule has 17 heavy (non-hydrogen) atoms. The summed E-state index contributed by atoms with van der Waals surface area (Å²) in [6.07, 6.45) is 9.38. The highest BCUT2D eigenvalue weighted by Gasteiger charge is 2.12. The highest BCUT2D eigenvalue weighted by atomic mass is 15.3. The molecule has 1 N–H and O–H groups in total. The van der Waals surface area contributed by atoms with E-state index in [1.54, 1.807) is 0 Å². The standard InChI is InChI=1S/C14H23N3/c1-6-7-8-13(15-4)9-10-14-11(2)16-17(5)12(14)3/h1,13,15H,7-10H2,2-5H3. The van der Waals surface area contributed by atoms with Crippen molar-refractivity contribution in [3.8, 4) is 12.3 Å². The lowest BCUT2D eigenvalue weighted by molar-refractivity contribution is 0.495. The molecule has 1 aromatic heterocycles. The van der Waals surface area contributed by atoms with Gasteiger partial charge in [0, 0.05) is 25.2 Å². The summed E-state index contributed by atoms with van der Waals surface area (Å²) >= 11 is 0. The Kier molecular flexibility index (Phi) is 5.24. The number of nitrogens with zero attached hydrogens (tertiary/aromatic N) is 2. The number of aromatic nitrogens is 2. The van der Waals surface area contributed by atoms with Crippen LogP contribution in [0.3, 0.4) is 0 Å². The number of hydrogen-bond acceptors (Lipinski definition) is 2. The predicted octanol–water partition coefficient (Wildman–Crippen LogP) is 1.97. The van der Waals surface area contributed by atoms with Crippen LogP contribution in [0.4, 0.5) is 0 Å². The maximum absolute atomic E-state index is 5.30. The van der Waals surface area contributed by atoms with Gasteiger partial charge >= 0.3 is 0 Å². The molecule has 1 rings (SSSR count). The zero-order chi connectivity index (χ0) is 12.8. The van der Waals surface area contributed by atoms with Gasteiger partial charge in [0.25, 0.3) is 0 Å². The molecule has 0 saturated carbocycles. The van der Waals surface area contributed by atoms with Gasteiger partial charge in [0.2, 0.25) is 0 Å². The fraction of sp³-hybridized carbons (Fsp3) is 0.643. The van der Waals surface area contributed by atoms with Crippen molar-refractivity contribution in [1.82, 2.24) is 15.1 Å². The van der Waals surface area contributed by atoms with Crippen LogP contribution >= 0.6 is 0 Å². The Morgan fingerprint density at radius 1 is 1.41 bits per heavy atom. The largest absolute Gasteiger partial charge is 0.317 e. The number of aryl methyl sites for hydroxylation is 2. The fourth-order valence-electron chi connectivity index (χ4n) is 2.19. The second-order valence-corrected chi connectivity index (χ2v) is 4.54. The molecule has 3 nitrogen and oxygen atoms in total. The van der Waals surface area contributed by atoms with Crippen LogP contribution in [0, 0.1) is 26.2 Å². The van der Waals surface area contributed by atoms with Crippen molar-refractivity contribution in [1.29, 1.82) is 0 Å². The molecule has 1 atom stereocenters. The van der Waals surface area contributed by atoms with Crippen LogP contribution in [0.2, 0.25) is 0 Å². The van der Waals surface area contributed by atoms with Gasteiger partial charge in [0.1, 0.15) is 0 Å². The van der Waals surface area contributed by atoms with E-state index in [1.165, 1.54) is 11.3 Å². The Hall–Kier alpha value is -1.27. The summed E-state index contributed by atoms with van der Waals surface area (Å²) in [5, 5.41) is 7.77. The molecule has 0 aliphatic carbocycles. The lowest BCUT2D eigenvalue weighted by Crippen LogP contribution is -2.25. The lowest BCUT2D eigenvalue weighted by atomic mass is 10.0. The molecule has 0 bridgehead atoms. The minimum Gasteiger partial charge on any atom is -0.317 e. The molecule has 0 spiro atoms. The maximum Gasteiger partial charge on any atom is 0.0628 e. The van der Waals surface area contributed by atoms with Crippen LogP contribution in [0.5, 0.6) is 0 Å². The first-order chi connectivity index (χ1) is 8.10. The van der Waals surface area contributed by atoms with E-state index in [4.69, 9.17) is 6.42 Å². The summed E-state index contributed by atoms with van der Waals surface area (Å²) in [7, 11) is 4.00. The zero-order valence-electron chi connectivity index (χ0n) is 11.4. The molecule has 1 heterocycles. The van der Waals surface area contributed by atoms with Gasteiger partial charge in [-0.05, 0) is 45.7 Å². The van der Waals surface area contributed by atoms with Gasteiger partial charge < -0.3 is 5.32 Å². The number of hydrogen-bond donors (Lipinski definition) is 1. The molecule has 0 fully saturated rings. The summed E-state index contributed by atoms with van der Waals surface area (Å²) < 4.78 is 1.96. The van der Waals surface area contributed by atoms with Crippen molar-refractivity contribution in [2.24, 2.45) is 7.05 Å². The Morgan fingerprint density at radius 3 is 2.59 bits per heavy atom. The molecular weight excluding hydrogens is 210 g/mol. The van der Waals surface area contributed by atoms with E-state index < -0.39 is 0 Å². The number of nitrogens with one attached hydrogen (secondary N) is 1. The number of rotatable bonds is 6. The van der Waals surface area contributed by atoms with Crippen molar-refractivity contribution < 1.29 is 0 Å². The van der Waals surface area contributed by atoms with Crippen LogP contribution in [0.1, 0.15) is 36.2 Å². The minimum atomic E-state index is 0.505. The maximum atomic E-state index is 5.30. The van der Waals surface area contributed by atoms with Crippen LogP contribution in [-0.4, -0.2) is 22.9 Å². The average molecular weight is 233 g/mol. The highest BCUT2D eigenvalue weighted by molar-refractivity contribution is 5.24. The van der Waals surface area contributed by atoms with Gasteiger partial charge in [0.15, 0.2) is 0 Å². The summed E-state index contributed by atoms with van der Waals surface area (Å²) in [5.74, 6) is 2.70. The zero-order valence-corrected chi connectivity index (χ0v) is 11.4. The molecule has 0 aliphatic rings. The summed E-state index contributed by atoms with van der Waals surface area (Å²) in [4.78, 5) is 0. The molecule has 0 saturated heterocycles. The molecule has 1 unspecified atom stereocenters. The van der Waals surface area contributed by atoms with E-state index >= 15 is 0 Å². The average Bonchev–Trinajstić information content (AvgIpc) is 2.55. The Morgan fingerprint density at radius 2 is 2.12 bits per heavy atom. The molecule has 0 radical (unpaired) electrons. The van der Waals surface area contributed by atoms with E-state index in [1.807, 2.05) is 18.8 Å². The smallest absolute Gasteiger partial charge is 0.0628 e. The fourth-order valence-corrected chi connectivity index (χ4v) is 2.19. The SMILES string of the molecule is C#CCCC(CCc1c(C)nn(C)c1C)NC. The number of terminal acetylenes is 1. The lowest BCUT2D eigenvalue weighted by Gasteiger charge is -2.14. The molecule has 0 amide bonds. The van der Waals surface area contributed by atoms with E-state index in [0.717, 1.165) is 31.4 Å². The van der Waals surface area contributed by atoms with Gasteiger partial charge in [-0.2, -0.15) is 5.10 Å². The minimum absolute atomic E-state index is 0.505. The van der Waals surface area contributed by atoms with Gasteiger partial charge in [0.05, 0.1) is 5.69 Å². The Balaban J connectivity index is 2.57. The topological polar surface area (TPSA) is 29.9 Å². The third-order valence-electron chi connectivity index (χ3n) is 3.45. The van der Waals surface area contributed by atoms with Gasteiger partial charge in [-0.25, -0.2) is 0 Å². The Bertz CT molecular complexity index is 398. The molecular formula is C14H23N3. The highest BCUT2D eigenvalue weighted by Crippen LogP contribution is 2.16. The van der Waals surface area contributed by atoms with Crippen LogP contribution < -0.4 is 5.32 Å². The van der Waals surface area contributed by atoms with Crippen molar-refractivity contribution in [2.45, 2.75) is 45.6 Å². The summed E-state index contributed by atoms with van der Waals surface area (Å²) in [6, 6.07) is 0.505. The first-order valence-corrected chi connectivity index (χ1v) is 6.20. The van der Waals surface area contributed by atoms with Crippen LogP contribution in [-0.2, 0) is 13.5 Å².